The standard InChI is InChI=1S/C10H9Cl2NO2/c1-15-10(14)4-2-3-9-8(12)5-7(11)6-13-9/h2-3,5-6H,4H2,1H3. The third kappa shape index (κ3) is 3.90. The van der Waals surface area contributed by atoms with Crippen LogP contribution in [0.15, 0.2) is 18.3 Å². The van der Waals surface area contributed by atoms with Crippen molar-refractivity contribution >= 4 is 35.2 Å². The van der Waals surface area contributed by atoms with Crippen LogP contribution in [-0.4, -0.2) is 18.1 Å². The van der Waals surface area contributed by atoms with Crippen LogP contribution in [0.25, 0.3) is 6.08 Å². The van der Waals surface area contributed by atoms with Crippen molar-refractivity contribution in [2.24, 2.45) is 0 Å². The zero-order valence-electron chi connectivity index (χ0n) is 8.04. The van der Waals surface area contributed by atoms with Gasteiger partial charge in [-0.25, -0.2) is 0 Å². The quantitative estimate of drug-likeness (QED) is 0.769. The minimum Gasteiger partial charge on any atom is -0.469 e. The van der Waals surface area contributed by atoms with Gasteiger partial charge in [-0.05, 0) is 12.1 Å². The largest absolute Gasteiger partial charge is 0.469 e. The molecule has 0 aliphatic carbocycles. The van der Waals surface area contributed by atoms with Crippen LogP contribution in [0, 0.1) is 0 Å². The van der Waals surface area contributed by atoms with Crippen LogP contribution in [0.4, 0.5) is 0 Å². The number of pyridine rings is 1. The second-order valence-corrected chi connectivity index (χ2v) is 3.55. The normalized spacial score (nSPS) is 10.6. The van der Waals surface area contributed by atoms with Gasteiger partial charge in [-0.15, -0.1) is 0 Å². The van der Waals surface area contributed by atoms with E-state index in [1.165, 1.54) is 13.3 Å². The van der Waals surface area contributed by atoms with Gasteiger partial charge in [0, 0.05) is 6.20 Å². The van der Waals surface area contributed by atoms with Gasteiger partial charge < -0.3 is 4.74 Å². The number of esters is 1. The molecule has 1 aromatic heterocycles. The van der Waals surface area contributed by atoms with Gasteiger partial charge in [0.05, 0.1) is 29.3 Å². The van der Waals surface area contributed by atoms with E-state index in [0.29, 0.717) is 15.7 Å². The molecular formula is C10H9Cl2NO2. The highest BCUT2D eigenvalue weighted by Crippen LogP contribution is 2.19. The molecule has 0 unspecified atom stereocenters. The van der Waals surface area contributed by atoms with Crippen molar-refractivity contribution in [3.05, 3.63) is 34.1 Å². The molecule has 80 valence electrons. The molecule has 1 rings (SSSR count). The first kappa shape index (κ1) is 12.0. The number of carbonyl (C=O) groups excluding carboxylic acids is 1. The summed E-state index contributed by atoms with van der Waals surface area (Å²) in [5.41, 5.74) is 0.574. The number of halogens is 2. The van der Waals surface area contributed by atoms with Crippen molar-refractivity contribution in [2.75, 3.05) is 7.11 Å². The lowest BCUT2D eigenvalue weighted by molar-refractivity contribution is -0.139. The second kappa shape index (κ2) is 5.73. The fourth-order valence-corrected chi connectivity index (χ4v) is 1.34. The lowest BCUT2D eigenvalue weighted by Crippen LogP contribution is -1.96. The van der Waals surface area contributed by atoms with Crippen molar-refractivity contribution in [2.45, 2.75) is 6.42 Å². The van der Waals surface area contributed by atoms with Crippen molar-refractivity contribution in [1.82, 2.24) is 4.98 Å². The third-order valence-corrected chi connectivity index (χ3v) is 2.13. The Morgan fingerprint density at radius 3 is 2.93 bits per heavy atom. The maximum absolute atomic E-state index is 10.8. The fourth-order valence-electron chi connectivity index (χ4n) is 0.898. The molecule has 0 aromatic carbocycles. The molecule has 0 aliphatic heterocycles. The molecule has 0 bridgehead atoms. The van der Waals surface area contributed by atoms with Crippen LogP contribution >= 0.6 is 23.2 Å². The molecule has 0 N–H and O–H groups in total. The summed E-state index contributed by atoms with van der Waals surface area (Å²) in [7, 11) is 1.34. The Morgan fingerprint density at radius 2 is 2.33 bits per heavy atom. The molecule has 3 nitrogen and oxygen atoms in total. The summed E-state index contributed by atoms with van der Waals surface area (Å²) >= 11 is 11.5. The molecule has 0 fully saturated rings. The highest BCUT2D eigenvalue weighted by molar-refractivity contribution is 6.35. The van der Waals surface area contributed by atoms with E-state index in [1.54, 1.807) is 18.2 Å². The molecule has 0 saturated carbocycles. The molecule has 1 aromatic rings. The summed E-state index contributed by atoms with van der Waals surface area (Å²) in [6.45, 7) is 0. The smallest absolute Gasteiger partial charge is 0.309 e. The average Bonchev–Trinajstić information content (AvgIpc) is 2.21. The average molecular weight is 246 g/mol. The van der Waals surface area contributed by atoms with Gasteiger partial charge in [0.2, 0.25) is 0 Å². The van der Waals surface area contributed by atoms with E-state index in [-0.39, 0.29) is 12.4 Å². The minimum absolute atomic E-state index is 0.192. The molecule has 0 spiro atoms. The Labute approximate surface area is 97.7 Å². The maximum Gasteiger partial charge on any atom is 0.309 e. The lowest BCUT2D eigenvalue weighted by Gasteiger charge is -1.97. The molecule has 15 heavy (non-hydrogen) atoms. The van der Waals surface area contributed by atoms with Gasteiger partial charge >= 0.3 is 5.97 Å². The number of carbonyl (C=O) groups is 1. The Bertz CT molecular complexity index is 391. The van der Waals surface area contributed by atoms with E-state index in [4.69, 9.17) is 23.2 Å². The highest BCUT2D eigenvalue weighted by atomic mass is 35.5. The van der Waals surface area contributed by atoms with Crippen LogP contribution in [0.2, 0.25) is 10.0 Å². The Kier molecular flexibility index (Phi) is 4.59. The third-order valence-electron chi connectivity index (χ3n) is 1.62. The summed E-state index contributed by atoms with van der Waals surface area (Å²) in [5, 5.41) is 0.925. The number of nitrogens with zero attached hydrogens (tertiary/aromatic N) is 1. The molecule has 0 aliphatic rings. The molecule has 0 radical (unpaired) electrons. The van der Waals surface area contributed by atoms with Crippen LogP contribution in [0.3, 0.4) is 0 Å². The molecule has 0 atom stereocenters. The monoisotopic (exact) mass is 245 g/mol. The van der Waals surface area contributed by atoms with E-state index in [0.717, 1.165) is 0 Å². The zero-order chi connectivity index (χ0) is 11.3. The van der Waals surface area contributed by atoms with Crippen molar-refractivity contribution in [3.63, 3.8) is 0 Å². The molecule has 5 heteroatoms. The van der Waals surface area contributed by atoms with Crippen LogP contribution in [0.1, 0.15) is 12.1 Å². The molecule has 1 heterocycles. The number of hydrogen-bond donors (Lipinski definition) is 0. The number of ether oxygens (including phenoxy) is 1. The SMILES string of the molecule is COC(=O)CC=Cc1ncc(Cl)cc1Cl. The van der Waals surface area contributed by atoms with E-state index < -0.39 is 0 Å². The maximum atomic E-state index is 10.8. The summed E-state index contributed by atoms with van der Waals surface area (Å²) in [4.78, 5) is 14.8. The van der Waals surface area contributed by atoms with Gasteiger partial charge in [-0.1, -0.05) is 29.3 Å². The summed E-state index contributed by atoms with van der Waals surface area (Å²) < 4.78 is 4.47. The summed E-state index contributed by atoms with van der Waals surface area (Å²) in [6, 6.07) is 1.59. The van der Waals surface area contributed by atoms with Crippen LogP contribution < -0.4 is 0 Å². The van der Waals surface area contributed by atoms with Gasteiger partial charge in [0.25, 0.3) is 0 Å². The molecule has 0 amide bonds. The number of methoxy groups -OCH3 is 1. The van der Waals surface area contributed by atoms with E-state index in [2.05, 4.69) is 9.72 Å². The topological polar surface area (TPSA) is 39.2 Å². The first-order valence-corrected chi connectivity index (χ1v) is 4.93. The summed E-state index contributed by atoms with van der Waals surface area (Å²) in [6.07, 6.45) is 4.96. The number of aromatic nitrogens is 1. The van der Waals surface area contributed by atoms with E-state index in [1.807, 2.05) is 0 Å². The van der Waals surface area contributed by atoms with Crippen LogP contribution in [0.5, 0.6) is 0 Å². The van der Waals surface area contributed by atoms with Gasteiger partial charge in [0.1, 0.15) is 0 Å². The second-order valence-electron chi connectivity index (χ2n) is 2.70. The van der Waals surface area contributed by atoms with Crippen molar-refractivity contribution in [1.29, 1.82) is 0 Å². The Hall–Kier alpha value is -1.06. The minimum atomic E-state index is -0.309. The highest BCUT2D eigenvalue weighted by Gasteiger charge is 1.99. The predicted octanol–water partition coefficient (Wildman–Crippen LogP) is 2.96. The van der Waals surface area contributed by atoms with E-state index in [9.17, 15) is 4.79 Å². The first-order valence-electron chi connectivity index (χ1n) is 4.18. The van der Waals surface area contributed by atoms with Crippen molar-refractivity contribution < 1.29 is 9.53 Å². The molecular weight excluding hydrogens is 237 g/mol. The Balaban J connectivity index is 2.68. The first-order chi connectivity index (χ1) is 7.13. The van der Waals surface area contributed by atoms with Gasteiger partial charge in [0.15, 0.2) is 0 Å². The van der Waals surface area contributed by atoms with Gasteiger partial charge in [-0.2, -0.15) is 0 Å². The molecule has 0 saturated heterocycles. The lowest BCUT2D eigenvalue weighted by atomic mass is 10.3. The zero-order valence-corrected chi connectivity index (χ0v) is 9.55. The van der Waals surface area contributed by atoms with Crippen molar-refractivity contribution in [3.8, 4) is 0 Å². The number of rotatable bonds is 3. The fraction of sp³-hybridized carbons (Fsp3) is 0.200. The van der Waals surface area contributed by atoms with Crippen LogP contribution in [-0.2, 0) is 9.53 Å². The van der Waals surface area contributed by atoms with E-state index >= 15 is 0 Å². The predicted molar refractivity (Wildman–Crippen MR) is 59.9 cm³/mol. The summed E-state index contributed by atoms with van der Waals surface area (Å²) in [5.74, 6) is -0.309. The number of hydrogen-bond acceptors (Lipinski definition) is 3. The Morgan fingerprint density at radius 1 is 1.60 bits per heavy atom. The van der Waals surface area contributed by atoms with Gasteiger partial charge in [-0.3, -0.25) is 9.78 Å².